The van der Waals surface area contributed by atoms with Crippen molar-refractivity contribution in [3.8, 4) is 0 Å². The molecule has 0 aromatic rings. The molecule has 2 saturated heterocycles. The normalized spacial score (nSPS) is 28.4. The molecule has 7 nitrogen and oxygen atoms in total. The van der Waals surface area contributed by atoms with Crippen molar-refractivity contribution in [1.29, 1.82) is 0 Å². The molecule has 0 aromatic carbocycles. The lowest BCUT2D eigenvalue weighted by atomic mass is 10.3. The summed E-state index contributed by atoms with van der Waals surface area (Å²) in [5.41, 5.74) is 0. The summed E-state index contributed by atoms with van der Waals surface area (Å²) in [6.45, 7) is 3.00. The van der Waals surface area contributed by atoms with Crippen LogP contribution in [0.15, 0.2) is 12.0 Å². The molecule has 1 N–H and O–H groups in total. The van der Waals surface area contributed by atoms with E-state index in [0.717, 1.165) is 19.3 Å². The van der Waals surface area contributed by atoms with E-state index in [-0.39, 0.29) is 6.10 Å². The highest BCUT2D eigenvalue weighted by Gasteiger charge is 2.25. The summed E-state index contributed by atoms with van der Waals surface area (Å²) < 4.78 is 10.3. The minimum atomic E-state index is -0.452. The summed E-state index contributed by atoms with van der Waals surface area (Å²) in [5.74, 6) is 0.551. The predicted molar refractivity (Wildman–Crippen MR) is 50.3 cm³/mol. The Balaban J connectivity index is 1.92. The Kier molecular flexibility index (Phi) is 3.02. The van der Waals surface area contributed by atoms with E-state index in [9.17, 15) is 10.1 Å². The molecular formula is C8H13N3O4. The van der Waals surface area contributed by atoms with Gasteiger partial charge in [0.1, 0.15) is 12.9 Å². The zero-order valence-electron chi connectivity index (χ0n) is 8.22. The predicted octanol–water partition coefficient (Wildman–Crippen LogP) is -0.660. The first-order valence-electron chi connectivity index (χ1n) is 4.79. The van der Waals surface area contributed by atoms with Crippen molar-refractivity contribution in [2.75, 3.05) is 33.0 Å². The Morgan fingerprint density at radius 2 is 2.60 bits per heavy atom. The zero-order chi connectivity index (χ0) is 10.7. The number of ether oxygens (including phenoxy) is 2. The van der Waals surface area contributed by atoms with Gasteiger partial charge in [-0.3, -0.25) is 10.1 Å². The average molecular weight is 215 g/mol. The lowest BCUT2D eigenvalue weighted by Crippen LogP contribution is -2.31. The smallest absolute Gasteiger partial charge is 0.274 e. The largest absolute Gasteiger partial charge is 0.365 e. The van der Waals surface area contributed by atoms with Gasteiger partial charge in [0.2, 0.25) is 0 Å². The monoisotopic (exact) mass is 215 g/mol. The number of rotatable bonds is 3. The summed E-state index contributed by atoms with van der Waals surface area (Å²) in [6, 6.07) is 0. The highest BCUT2D eigenvalue weighted by molar-refractivity contribution is 5.00. The van der Waals surface area contributed by atoms with Gasteiger partial charge in [0.25, 0.3) is 6.20 Å². The second kappa shape index (κ2) is 4.45. The van der Waals surface area contributed by atoms with Crippen molar-refractivity contribution in [2.24, 2.45) is 0 Å². The molecule has 0 radical (unpaired) electrons. The first kappa shape index (κ1) is 10.2. The maximum atomic E-state index is 10.3. The van der Waals surface area contributed by atoms with Crippen molar-refractivity contribution < 1.29 is 14.4 Å². The highest BCUT2D eigenvalue weighted by Crippen LogP contribution is 2.12. The fraction of sp³-hybridized carbons (Fsp3) is 0.750. The van der Waals surface area contributed by atoms with Gasteiger partial charge < -0.3 is 19.7 Å². The second-order valence-corrected chi connectivity index (χ2v) is 3.45. The van der Waals surface area contributed by atoms with Crippen molar-refractivity contribution in [1.82, 2.24) is 10.2 Å². The number of hydrogen-bond acceptors (Lipinski definition) is 6. The summed E-state index contributed by atoms with van der Waals surface area (Å²) in [4.78, 5) is 11.8. The second-order valence-electron chi connectivity index (χ2n) is 3.45. The molecule has 0 amide bonds. The molecule has 0 saturated carbocycles. The third kappa shape index (κ3) is 2.57. The quantitative estimate of drug-likeness (QED) is 0.497. The lowest BCUT2D eigenvalue weighted by Gasteiger charge is -2.19. The van der Waals surface area contributed by atoms with E-state index in [1.54, 1.807) is 0 Å². The molecule has 7 heteroatoms. The van der Waals surface area contributed by atoms with E-state index < -0.39 is 4.92 Å². The van der Waals surface area contributed by atoms with Crippen LogP contribution in [0.5, 0.6) is 0 Å². The highest BCUT2D eigenvalue weighted by atomic mass is 16.7. The Morgan fingerprint density at radius 1 is 1.73 bits per heavy atom. The van der Waals surface area contributed by atoms with E-state index in [1.807, 2.05) is 4.90 Å². The van der Waals surface area contributed by atoms with E-state index in [4.69, 9.17) is 9.47 Å². The maximum Gasteiger partial charge on any atom is 0.274 e. The van der Waals surface area contributed by atoms with Crippen LogP contribution in [0, 0.1) is 10.1 Å². The fourth-order valence-corrected chi connectivity index (χ4v) is 1.69. The Morgan fingerprint density at radius 3 is 3.27 bits per heavy atom. The van der Waals surface area contributed by atoms with Crippen LogP contribution in [0.4, 0.5) is 0 Å². The van der Waals surface area contributed by atoms with Crippen LogP contribution in [0.1, 0.15) is 0 Å². The maximum absolute atomic E-state index is 10.3. The molecule has 2 rings (SSSR count). The molecule has 15 heavy (non-hydrogen) atoms. The minimum Gasteiger partial charge on any atom is -0.365 e. The number of nitrogens with zero attached hydrogens (tertiary/aromatic N) is 2. The van der Waals surface area contributed by atoms with Gasteiger partial charge in [-0.25, -0.2) is 0 Å². The molecule has 1 unspecified atom stereocenters. The van der Waals surface area contributed by atoms with E-state index in [1.165, 1.54) is 0 Å². The SMILES string of the molecule is O=[N+]([O-])/C=C1\NCCN1CC1COCO1. The number of nitro groups is 1. The van der Waals surface area contributed by atoms with Gasteiger partial charge in [0.05, 0.1) is 11.5 Å². The van der Waals surface area contributed by atoms with Gasteiger partial charge in [-0.2, -0.15) is 0 Å². The van der Waals surface area contributed by atoms with Crippen molar-refractivity contribution in [3.05, 3.63) is 22.1 Å². The van der Waals surface area contributed by atoms with Crippen LogP contribution in [-0.4, -0.2) is 49.0 Å². The molecule has 2 aliphatic heterocycles. The topological polar surface area (TPSA) is 76.9 Å². The van der Waals surface area contributed by atoms with E-state index in [0.29, 0.717) is 25.8 Å². The molecule has 2 aliphatic rings. The molecule has 2 fully saturated rings. The molecule has 0 bridgehead atoms. The van der Waals surface area contributed by atoms with Crippen LogP contribution < -0.4 is 5.32 Å². The molecule has 1 atom stereocenters. The lowest BCUT2D eigenvalue weighted by molar-refractivity contribution is -0.404. The van der Waals surface area contributed by atoms with Crippen LogP contribution in [0.25, 0.3) is 0 Å². The summed E-state index contributed by atoms with van der Waals surface area (Å²) in [5, 5.41) is 13.3. The van der Waals surface area contributed by atoms with Gasteiger partial charge in [-0.05, 0) is 0 Å². The average Bonchev–Trinajstić information content (AvgIpc) is 2.78. The molecule has 2 heterocycles. The van der Waals surface area contributed by atoms with Crippen LogP contribution in [0.3, 0.4) is 0 Å². The van der Waals surface area contributed by atoms with Gasteiger partial charge >= 0.3 is 0 Å². The molecule has 0 aliphatic carbocycles. The fourth-order valence-electron chi connectivity index (χ4n) is 1.69. The number of nitrogens with one attached hydrogen (secondary N) is 1. The third-order valence-electron chi connectivity index (χ3n) is 2.37. The first-order chi connectivity index (χ1) is 7.25. The van der Waals surface area contributed by atoms with E-state index in [2.05, 4.69) is 5.32 Å². The van der Waals surface area contributed by atoms with Gasteiger partial charge in [0.15, 0.2) is 5.82 Å². The van der Waals surface area contributed by atoms with Gasteiger partial charge in [-0.15, -0.1) is 0 Å². The first-order valence-corrected chi connectivity index (χ1v) is 4.79. The van der Waals surface area contributed by atoms with Gasteiger partial charge in [-0.1, -0.05) is 0 Å². The zero-order valence-corrected chi connectivity index (χ0v) is 8.22. The van der Waals surface area contributed by atoms with E-state index >= 15 is 0 Å². The summed E-state index contributed by atoms with van der Waals surface area (Å²) in [7, 11) is 0. The summed E-state index contributed by atoms with van der Waals surface area (Å²) >= 11 is 0. The van der Waals surface area contributed by atoms with Crippen molar-refractivity contribution >= 4 is 0 Å². The molecule has 0 aromatic heterocycles. The minimum absolute atomic E-state index is 0.0139. The van der Waals surface area contributed by atoms with Crippen LogP contribution in [0.2, 0.25) is 0 Å². The van der Waals surface area contributed by atoms with Gasteiger partial charge in [0, 0.05) is 19.6 Å². The standard InChI is InChI=1S/C8H13N3O4/c12-11(13)4-8-9-1-2-10(8)3-7-5-14-6-15-7/h4,7,9H,1-3,5-6H2/b8-4+. The van der Waals surface area contributed by atoms with Crippen LogP contribution >= 0.6 is 0 Å². The molecular weight excluding hydrogens is 202 g/mol. The molecule has 84 valence electrons. The van der Waals surface area contributed by atoms with Crippen molar-refractivity contribution in [3.63, 3.8) is 0 Å². The summed E-state index contributed by atoms with van der Waals surface area (Å²) in [6.07, 6.45) is 1.00. The van der Waals surface area contributed by atoms with Crippen LogP contribution in [-0.2, 0) is 9.47 Å². The Labute approximate surface area is 86.8 Å². The number of hydrogen-bond donors (Lipinski definition) is 1. The Bertz CT molecular complexity index is 275. The Hall–Kier alpha value is -1.34. The molecule has 0 spiro atoms. The van der Waals surface area contributed by atoms with Crippen molar-refractivity contribution in [2.45, 2.75) is 6.10 Å². The third-order valence-corrected chi connectivity index (χ3v) is 2.37.